The fraction of sp³-hybridized carbons (Fsp3) is 0.455. The molecule has 0 radical (unpaired) electrons. The molecular formula is C11H13BrO2. The molecule has 1 aliphatic rings. The van der Waals surface area contributed by atoms with Crippen LogP contribution in [-0.2, 0) is 15.3 Å². The average Bonchev–Trinajstić information content (AvgIpc) is 2.69. The Balaban J connectivity index is 2.36. The number of ether oxygens (including phenoxy) is 2. The monoisotopic (exact) mass is 256 g/mol. The quantitative estimate of drug-likeness (QED) is 0.758. The van der Waals surface area contributed by atoms with Crippen LogP contribution < -0.4 is 0 Å². The Morgan fingerprint density at radius 3 is 2.29 bits per heavy atom. The Morgan fingerprint density at radius 2 is 1.79 bits per heavy atom. The molecule has 14 heavy (non-hydrogen) atoms. The van der Waals surface area contributed by atoms with Crippen molar-refractivity contribution < 1.29 is 9.47 Å². The summed E-state index contributed by atoms with van der Waals surface area (Å²) in [5.41, 5.74) is 1.07. The second-order valence-electron chi connectivity index (χ2n) is 3.35. The first-order chi connectivity index (χ1) is 6.76. The fourth-order valence-electron chi connectivity index (χ4n) is 1.72. The molecule has 0 amide bonds. The first kappa shape index (κ1) is 10.1. The summed E-state index contributed by atoms with van der Waals surface area (Å²) in [6.45, 7) is 3.36. The van der Waals surface area contributed by atoms with E-state index in [1.54, 1.807) is 0 Å². The smallest absolute Gasteiger partial charge is 0.207 e. The average molecular weight is 257 g/mol. The van der Waals surface area contributed by atoms with Gasteiger partial charge in [0.2, 0.25) is 5.79 Å². The fourth-order valence-corrected chi connectivity index (χ4v) is 2.25. The first-order valence-electron chi connectivity index (χ1n) is 4.73. The number of benzene rings is 1. The van der Waals surface area contributed by atoms with Gasteiger partial charge in [0, 0.05) is 5.56 Å². The van der Waals surface area contributed by atoms with Gasteiger partial charge in [-0.25, -0.2) is 0 Å². The number of hydrogen-bond donors (Lipinski definition) is 0. The normalized spacial score (nSPS) is 22.1. The standard InChI is InChI=1S/C11H13BrO2/c1-9(12)11(13-7-8-14-11)10-5-3-2-4-6-10/h2-6,9H,7-8H2,1H3/t9-/m0/s1. The lowest BCUT2D eigenvalue weighted by molar-refractivity contribution is -0.161. The van der Waals surface area contributed by atoms with Crippen LogP contribution in [0.3, 0.4) is 0 Å². The largest absolute Gasteiger partial charge is 0.343 e. The van der Waals surface area contributed by atoms with E-state index in [4.69, 9.17) is 9.47 Å². The summed E-state index contributed by atoms with van der Waals surface area (Å²) >= 11 is 3.55. The van der Waals surface area contributed by atoms with Crippen LogP contribution >= 0.6 is 15.9 Å². The molecule has 1 aromatic carbocycles. The number of alkyl halides is 1. The van der Waals surface area contributed by atoms with Crippen molar-refractivity contribution in [2.45, 2.75) is 17.5 Å². The van der Waals surface area contributed by atoms with E-state index in [1.165, 1.54) is 0 Å². The van der Waals surface area contributed by atoms with E-state index in [0.29, 0.717) is 13.2 Å². The van der Waals surface area contributed by atoms with Gasteiger partial charge in [0.25, 0.3) is 0 Å². The Morgan fingerprint density at radius 1 is 1.21 bits per heavy atom. The van der Waals surface area contributed by atoms with Crippen LogP contribution in [0.25, 0.3) is 0 Å². The molecular weight excluding hydrogens is 244 g/mol. The van der Waals surface area contributed by atoms with Gasteiger partial charge in [-0.3, -0.25) is 0 Å². The molecule has 0 saturated carbocycles. The molecule has 1 heterocycles. The van der Waals surface area contributed by atoms with Gasteiger partial charge in [0.05, 0.1) is 18.0 Å². The molecule has 2 nitrogen and oxygen atoms in total. The maximum atomic E-state index is 5.72. The third-order valence-electron chi connectivity index (χ3n) is 2.42. The second kappa shape index (κ2) is 4.01. The highest BCUT2D eigenvalue weighted by Gasteiger charge is 2.42. The van der Waals surface area contributed by atoms with Crippen LogP contribution in [0.1, 0.15) is 12.5 Å². The predicted octanol–water partition coefficient (Wildman–Crippen LogP) is 2.67. The van der Waals surface area contributed by atoms with Crippen LogP contribution in [-0.4, -0.2) is 18.0 Å². The zero-order valence-electron chi connectivity index (χ0n) is 8.07. The zero-order chi connectivity index (χ0) is 10.0. The number of hydrogen-bond acceptors (Lipinski definition) is 2. The molecule has 0 aromatic heterocycles. The van der Waals surface area contributed by atoms with Gasteiger partial charge in [-0.15, -0.1) is 0 Å². The third kappa shape index (κ3) is 1.60. The summed E-state index contributed by atoms with van der Waals surface area (Å²) in [6.07, 6.45) is 0. The van der Waals surface area contributed by atoms with Gasteiger partial charge < -0.3 is 9.47 Å². The Kier molecular flexibility index (Phi) is 2.91. The molecule has 0 unspecified atom stereocenters. The molecule has 2 rings (SSSR count). The molecule has 0 spiro atoms. The van der Waals surface area contributed by atoms with Crippen LogP contribution in [0, 0.1) is 0 Å². The maximum absolute atomic E-state index is 5.72. The van der Waals surface area contributed by atoms with Crippen LogP contribution in [0.15, 0.2) is 30.3 Å². The van der Waals surface area contributed by atoms with Gasteiger partial charge in [-0.05, 0) is 6.92 Å². The SMILES string of the molecule is C[C@H](Br)C1(c2ccccc2)OCCO1. The minimum Gasteiger partial charge on any atom is -0.343 e. The molecule has 0 bridgehead atoms. The van der Waals surface area contributed by atoms with Crippen LogP contribution in [0.5, 0.6) is 0 Å². The minimum atomic E-state index is -0.596. The Bertz CT molecular complexity index is 291. The predicted molar refractivity (Wildman–Crippen MR) is 58.4 cm³/mol. The molecule has 1 aliphatic heterocycles. The van der Waals surface area contributed by atoms with Gasteiger partial charge in [0.15, 0.2) is 0 Å². The molecule has 1 fully saturated rings. The summed E-state index contributed by atoms with van der Waals surface area (Å²) in [6, 6.07) is 10.0. The lowest BCUT2D eigenvalue weighted by Gasteiger charge is -2.30. The van der Waals surface area contributed by atoms with Crippen molar-refractivity contribution >= 4 is 15.9 Å². The van der Waals surface area contributed by atoms with Gasteiger partial charge in [0.1, 0.15) is 0 Å². The van der Waals surface area contributed by atoms with Gasteiger partial charge in [-0.2, -0.15) is 0 Å². The minimum absolute atomic E-state index is 0.139. The maximum Gasteiger partial charge on any atom is 0.207 e. The molecule has 1 saturated heterocycles. The van der Waals surface area contributed by atoms with Crippen LogP contribution in [0.2, 0.25) is 0 Å². The van der Waals surface area contributed by atoms with E-state index in [9.17, 15) is 0 Å². The van der Waals surface area contributed by atoms with Crippen molar-refractivity contribution in [3.63, 3.8) is 0 Å². The summed E-state index contributed by atoms with van der Waals surface area (Å²) in [7, 11) is 0. The third-order valence-corrected chi connectivity index (χ3v) is 3.02. The summed E-state index contributed by atoms with van der Waals surface area (Å²) in [4.78, 5) is 0.139. The van der Waals surface area contributed by atoms with Crippen molar-refractivity contribution in [2.75, 3.05) is 13.2 Å². The zero-order valence-corrected chi connectivity index (χ0v) is 9.66. The van der Waals surface area contributed by atoms with E-state index < -0.39 is 5.79 Å². The van der Waals surface area contributed by atoms with E-state index >= 15 is 0 Å². The van der Waals surface area contributed by atoms with Crippen molar-refractivity contribution in [3.8, 4) is 0 Å². The second-order valence-corrected chi connectivity index (χ2v) is 4.72. The number of rotatable bonds is 2. The van der Waals surface area contributed by atoms with E-state index in [-0.39, 0.29) is 4.83 Å². The van der Waals surface area contributed by atoms with Crippen LogP contribution in [0.4, 0.5) is 0 Å². The number of halogens is 1. The lowest BCUT2D eigenvalue weighted by atomic mass is 10.0. The summed E-state index contributed by atoms with van der Waals surface area (Å²) in [5.74, 6) is -0.596. The molecule has 1 atom stereocenters. The topological polar surface area (TPSA) is 18.5 Å². The Hall–Kier alpha value is -0.380. The molecule has 0 N–H and O–H groups in total. The van der Waals surface area contributed by atoms with Gasteiger partial charge >= 0.3 is 0 Å². The van der Waals surface area contributed by atoms with E-state index in [0.717, 1.165) is 5.56 Å². The van der Waals surface area contributed by atoms with Crippen molar-refractivity contribution in [2.24, 2.45) is 0 Å². The van der Waals surface area contributed by atoms with E-state index in [1.807, 2.05) is 37.3 Å². The molecule has 76 valence electrons. The summed E-state index contributed by atoms with van der Waals surface area (Å²) < 4.78 is 11.4. The van der Waals surface area contributed by atoms with E-state index in [2.05, 4.69) is 15.9 Å². The van der Waals surface area contributed by atoms with Crippen molar-refractivity contribution in [1.29, 1.82) is 0 Å². The Labute approximate surface area is 92.3 Å². The highest BCUT2D eigenvalue weighted by molar-refractivity contribution is 9.09. The first-order valence-corrected chi connectivity index (χ1v) is 5.65. The highest BCUT2D eigenvalue weighted by atomic mass is 79.9. The molecule has 0 aliphatic carbocycles. The molecule has 3 heteroatoms. The highest BCUT2D eigenvalue weighted by Crippen LogP contribution is 2.38. The van der Waals surface area contributed by atoms with Crippen molar-refractivity contribution in [1.82, 2.24) is 0 Å². The summed E-state index contributed by atoms with van der Waals surface area (Å²) in [5, 5.41) is 0. The van der Waals surface area contributed by atoms with Gasteiger partial charge in [-0.1, -0.05) is 46.3 Å². The lowest BCUT2D eigenvalue weighted by Crippen LogP contribution is -2.35. The van der Waals surface area contributed by atoms with Crippen molar-refractivity contribution in [3.05, 3.63) is 35.9 Å². The molecule has 1 aromatic rings.